The van der Waals surface area contributed by atoms with Crippen molar-refractivity contribution in [2.24, 2.45) is 0 Å². The Morgan fingerprint density at radius 3 is 2.90 bits per heavy atom. The third-order valence-electron chi connectivity index (χ3n) is 3.13. The highest BCUT2D eigenvalue weighted by Crippen LogP contribution is 2.35. The Bertz CT molecular complexity index is 691. The van der Waals surface area contributed by atoms with E-state index in [2.05, 4.69) is 34.7 Å². The Balaban J connectivity index is 1.88. The molecule has 0 spiro atoms. The number of thiazole rings is 1. The molecule has 1 N–H and O–H groups in total. The van der Waals surface area contributed by atoms with Gasteiger partial charge in [-0.05, 0) is 30.0 Å². The van der Waals surface area contributed by atoms with Crippen LogP contribution in [-0.2, 0) is 0 Å². The molecule has 0 saturated carbocycles. The number of rotatable bonds is 5. The monoisotopic (exact) mass is 322 g/mol. The van der Waals surface area contributed by atoms with Gasteiger partial charge in [-0.3, -0.25) is 0 Å². The SMILES string of the molecule is CCCC(Nc1nc2cccc(Cl)c2s1)c1cccs1. The lowest BCUT2D eigenvalue weighted by atomic mass is 10.1. The molecule has 0 fully saturated rings. The van der Waals surface area contributed by atoms with Gasteiger partial charge in [0.2, 0.25) is 0 Å². The molecule has 3 rings (SSSR count). The molecule has 104 valence electrons. The average molecular weight is 323 g/mol. The van der Waals surface area contributed by atoms with Crippen LogP contribution in [0, 0.1) is 0 Å². The largest absolute Gasteiger partial charge is 0.354 e. The molecule has 3 aromatic rings. The zero-order valence-corrected chi connectivity index (χ0v) is 13.5. The van der Waals surface area contributed by atoms with Crippen molar-refractivity contribution in [1.29, 1.82) is 0 Å². The summed E-state index contributed by atoms with van der Waals surface area (Å²) in [6, 6.07) is 10.5. The minimum atomic E-state index is 0.333. The number of hydrogen-bond donors (Lipinski definition) is 1. The topological polar surface area (TPSA) is 24.9 Å². The van der Waals surface area contributed by atoms with Gasteiger partial charge in [0.05, 0.1) is 21.3 Å². The van der Waals surface area contributed by atoms with E-state index in [9.17, 15) is 0 Å². The lowest BCUT2D eigenvalue weighted by Gasteiger charge is -2.15. The summed E-state index contributed by atoms with van der Waals surface area (Å²) < 4.78 is 1.05. The molecule has 0 radical (unpaired) electrons. The minimum absolute atomic E-state index is 0.333. The van der Waals surface area contributed by atoms with Gasteiger partial charge in [-0.1, -0.05) is 48.4 Å². The van der Waals surface area contributed by atoms with Crippen molar-refractivity contribution in [3.05, 3.63) is 45.6 Å². The van der Waals surface area contributed by atoms with Crippen molar-refractivity contribution < 1.29 is 0 Å². The molecule has 0 saturated heterocycles. The third-order valence-corrected chi connectivity index (χ3v) is 5.58. The summed E-state index contributed by atoms with van der Waals surface area (Å²) in [5, 5.41) is 7.40. The molecule has 1 unspecified atom stereocenters. The van der Waals surface area contributed by atoms with Crippen LogP contribution in [0.5, 0.6) is 0 Å². The number of benzene rings is 1. The van der Waals surface area contributed by atoms with Crippen LogP contribution >= 0.6 is 34.3 Å². The second kappa shape index (κ2) is 6.12. The number of fused-ring (bicyclic) bond motifs is 1. The summed E-state index contributed by atoms with van der Waals surface area (Å²) in [6.45, 7) is 2.21. The molecule has 1 aromatic carbocycles. The predicted octanol–water partition coefficient (Wildman–Crippen LogP) is 5.96. The van der Waals surface area contributed by atoms with Gasteiger partial charge in [-0.2, -0.15) is 0 Å². The fourth-order valence-corrected chi connectivity index (χ4v) is 4.21. The first-order valence-corrected chi connectivity index (χ1v) is 8.70. The Labute approximate surface area is 131 Å². The van der Waals surface area contributed by atoms with Gasteiger partial charge in [-0.25, -0.2) is 4.98 Å². The van der Waals surface area contributed by atoms with E-state index in [1.807, 2.05) is 18.2 Å². The standard InChI is InChI=1S/C15H15ClN2S2/c1-2-5-11(13-8-4-9-19-13)17-15-18-12-7-3-6-10(16)14(12)20-15/h3-4,6-9,11H,2,5H2,1H3,(H,17,18). The Morgan fingerprint density at radius 2 is 2.20 bits per heavy atom. The van der Waals surface area contributed by atoms with Gasteiger partial charge in [0, 0.05) is 4.88 Å². The van der Waals surface area contributed by atoms with E-state index < -0.39 is 0 Å². The van der Waals surface area contributed by atoms with E-state index in [-0.39, 0.29) is 0 Å². The average Bonchev–Trinajstić information content (AvgIpc) is 3.07. The molecular formula is C15H15ClN2S2. The lowest BCUT2D eigenvalue weighted by Crippen LogP contribution is -2.08. The highest BCUT2D eigenvalue weighted by atomic mass is 35.5. The van der Waals surface area contributed by atoms with Gasteiger partial charge in [0.15, 0.2) is 5.13 Å². The fourth-order valence-electron chi connectivity index (χ4n) is 2.19. The van der Waals surface area contributed by atoms with E-state index in [0.29, 0.717) is 6.04 Å². The number of anilines is 1. The number of halogens is 1. The van der Waals surface area contributed by atoms with Crippen LogP contribution in [0.1, 0.15) is 30.7 Å². The smallest absolute Gasteiger partial charge is 0.184 e. The number of nitrogens with zero attached hydrogens (tertiary/aromatic N) is 1. The molecule has 2 nitrogen and oxygen atoms in total. The molecule has 1 atom stereocenters. The molecule has 0 amide bonds. The highest BCUT2D eigenvalue weighted by molar-refractivity contribution is 7.22. The summed E-state index contributed by atoms with van der Waals surface area (Å²) in [4.78, 5) is 5.99. The van der Waals surface area contributed by atoms with Gasteiger partial charge in [0.1, 0.15) is 0 Å². The summed E-state index contributed by atoms with van der Waals surface area (Å²) in [6.07, 6.45) is 2.24. The second-order valence-corrected chi connectivity index (χ2v) is 6.99. The number of aromatic nitrogens is 1. The zero-order chi connectivity index (χ0) is 13.9. The first-order valence-electron chi connectivity index (χ1n) is 6.63. The zero-order valence-electron chi connectivity index (χ0n) is 11.1. The van der Waals surface area contributed by atoms with Crippen LogP contribution in [0.25, 0.3) is 10.2 Å². The third kappa shape index (κ3) is 2.82. The Hall–Kier alpha value is -1.10. The van der Waals surface area contributed by atoms with Crippen LogP contribution in [0.4, 0.5) is 5.13 Å². The van der Waals surface area contributed by atoms with Crippen molar-refractivity contribution in [3.63, 3.8) is 0 Å². The fraction of sp³-hybridized carbons (Fsp3) is 0.267. The maximum atomic E-state index is 6.21. The van der Waals surface area contributed by atoms with E-state index in [0.717, 1.165) is 33.2 Å². The maximum absolute atomic E-state index is 6.21. The van der Waals surface area contributed by atoms with Gasteiger partial charge >= 0.3 is 0 Å². The Morgan fingerprint density at radius 1 is 1.30 bits per heavy atom. The van der Waals surface area contributed by atoms with Crippen LogP contribution in [-0.4, -0.2) is 4.98 Å². The molecule has 0 aliphatic carbocycles. The molecular weight excluding hydrogens is 308 g/mol. The summed E-state index contributed by atoms with van der Waals surface area (Å²) >= 11 is 9.63. The number of nitrogens with one attached hydrogen (secondary N) is 1. The van der Waals surface area contributed by atoms with E-state index in [4.69, 9.17) is 11.6 Å². The molecule has 0 aliphatic heterocycles. The van der Waals surface area contributed by atoms with E-state index in [1.54, 1.807) is 22.7 Å². The summed E-state index contributed by atoms with van der Waals surface area (Å²) in [5.41, 5.74) is 0.964. The molecule has 2 heterocycles. The van der Waals surface area contributed by atoms with Crippen LogP contribution in [0.3, 0.4) is 0 Å². The van der Waals surface area contributed by atoms with E-state index >= 15 is 0 Å². The van der Waals surface area contributed by atoms with Crippen LogP contribution in [0.2, 0.25) is 5.02 Å². The van der Waals surface area contributed by atoms with Gasteiger partial charge in [-0.15, -0.1) is 11.3 Å². The van der Waals surface area contributed by atoms with Crippen LogP contribution < -0.4 is 5.32 Å². The van der Waals surface area contributed by atoms with Gasteiger partial charge in [0.25, 0.3) is 0 Å². The second-order valence-electron chi connectivity index (χ2n) is 4.61. The van der Waals surface area contributed by atoms with E-state index in [1.165, 1.54) is 4.88 Å². The van der Waals surface area contributed by atoms with Crippen molar-refractivity contribution >= 4 is 49.6 Å². The maximum Gasteiger partial charge on any atom is 0.184 e. The Kier molecular flexibility index (Phi) is 4.24. The minimum Gasteiger partial charge on any atom is -0.354 e. The summed E-state index contributed by atoms with van der Waals surface area (Å²) in [7, 11) is 0. The van der Waals surface area contributed by atoms with Crippen molar-refractivity contribution in [2.75, 3.05) is 5.32 Å². The molecule has 20 heavy (non-hydrogen) atoms. The van der Waals surface area contributed by atoms with Crippen LogP contribution in [0.15, 0.2) is 35.7 Å². The first kappa shape index (κ1) is 13.9. The van der Waals surface area contributed by atoms with Crippen molar-refractivity contribution in [3.8, 4) is 0 Å². The predicted molar refractivity (Wildman–Crippen MR) is 90.2 cm³/mol. The number of hydrogen-bond acceptors (Lipinski definition) is 4. The number of thiophene rings is 1. The summed E-state index contributed by atoms with van der Waals surface area (Å²) in [5.74, 6) is 0. The first-order chi connectivity index (χ1) is 9.78. The quantitative estimate of drug-likeness (QED) is 0.626. The normalized spacial score (nSPS) is 12.7. The van der Waals surface area contributed by atoms with Gasteiger partial charge < -0.3 is 5.32 Å². The molecule has 0 aliphatic rings. The lowest BCUT2D eigenvalue weighted by molar-refractivity contribution is 0.687. The highest BCUT2D eigenvalue weighted by Gasteiger charge is 2.14. The van der Waals surface area contributed by atoms with Crippen molar-refractivity contribution in [2.45, 2.75) is 25.8 Å². The molecule has 5 heteroatoms. The van der Waals surface area contributed by atoms with Crippen molar-refractivity contribution in [1.82, 2.24) is 4.98 Å². The molecule has 0 bridgehead atoms. The molecule has 2 aromatic heterocycles.